The maximum absolute atomic E-state index is 12.2. The molecule has 1 aliphatic heterocycles. The van der Waals surface area contributed by atoms with Gasteiger partial charge in [-0.05, 0) is 43.5 Å². The normalized spacial score (nSPS) is 16.1. The second-order valence-corrected chi connectivity index (χ2v) is 7.21. The Kier molecular flexibility index (Phi) is 6.06. The van der Waals surface area contributed by atoms with E-state index in [2.05, 4.69) is 27.1 Å². The third kappa shape index (κ3) is 4.93. The van der Waals surface area contributed by atoms with E-state index in [1.165, 1.54) is 0 Å². The zero-order valence-corrected chi connectivity index (χ0v) is 15.7. The van der Waals surface area contributed by atoms with Gasteiger partial charge in [-0.3, -0.25) is 14.5 Å². The molecular weight excluding hydrogens is 328 g/mol. The zero-order chi connectivity index (χ0) is 18.5. The number of benzene rings is 1. The van der Waals surface area contributed by atoms with Crippen LogP contribution in [0.15, 0.2) is 29.1 Å². The molecule has 3 rings (SSSR count). The van der Waals surface area contributed by atoms with Crippen molar-refractivity contribution in [2.24, 2.45) is 0 Å². The molecule has 0 radical (unpaired) electrons. The summed E-state index contributed by atoms with van der Waals surface area (Å²) in [6.07, 6.45) is 0.794. The predicted molar refractivity (Wildman–Crippen MR) is 105 cm³/mol. The average Bonchev–Trinajstić information content (AvgIpc) is 2.61. The van der Waals surface area contributed by atoms with E-state index in [4.69, 9.17) is 0 Å². The van der Waals surface area contributed by atoms with Gasteiger partial charge < -0.3 is 15.2 Å². The van der Waals surface area contributed by atoms with Gasteiger partial charge in [0.05, 0.1) is 0 Å². The van der Waals surface area contributed by atoms with Crippen LogP contribution in [0.1, 0.15) is 17.5 Å². The Balaban J connectivity index is 1.47. The largest absolute Gasteiger partial charge is 0.355 e. The number of nitrogens with zero attached hydrogens (tertiary/aromatic N) is 2. The summed E-state index contributed by atoms with van der Waals surface area (Å²) in [5.74, 6) is 0.00234. The summed E-state index contributed by atoms with van der Waals surface area (Å²) in [7, 11) is 2.13. The van der Waals surface area contributed by atoms with Crippen molar-refractivity contribution >= 4 is 16.8 Å². The number of hydrogen-bond acceptors (Lipinski definition) is 4. The molecule has 0 bridgehead atoms. The van der Waals surface area contributed by atoms with E-state index in [-0.39, 0.29) is 11.5 Å². The highest BCUT2D eigenvalue weighted by Gasteiger charge is 2.13. The van der Waals surface area contributed by atoms with Crippen molar-refractivity contribution in [2.45, 2.75) is 19.8 Å². The number of aromatic nitrogens is 1. The van der Waals surface area contributed by atoms with Crippen LogP contribution in [0.25, 0.3) is 10.9 Å². The summed E-state index contributed by atoms with van der Waals surface area (Å²) >= 11 is 0. The summed E-state index contributed by atoms with van der Waals surface area (Å²) in [4.78, 5) is 31.9. The Morgan fingerprint density at radius 1 is 1.19 bits per heavy atom. The van der Waals surface area contributed by atoms with Crippen LogP contribution in [-0.2, 0) is 11.2 Å². The number of amides is 1. The Morgan fingerprint density at radius 3 is 2.73 bits per heavy atom. The Hall–Kier alpha value is -2.18. The number of carbonyl (C=O) groups excluding carboxylic acids is 1. The van der Waals surface area contributed by atoms with Crippen LogP contribution >= 0.6 is 0 Å². The number of pyridine rings is 1. The lowest BCUT2D eigenvalue weighted by molar-refractivity contribution is -0.121. The average molecular weight is 356 g/mol. The molecule has 1 aromatic heterocycles. The highest BCUT2D eigenvalue weighted by molar-refractivity contribution is 5.80. The number of fused-ring (bicyclic) bond motifs is 1. The monoisotopic (exact) mass is 356 g/mol. The molecule has 1 aromatic carbocycles. The third-order valence-corrected chi connectivity index (χ3v) is 5.05. The number of piperazine rings is 1. The van der Waals surface area contributed by atoms with Gasteiger partial charge in [0, 0.05) is 56.8 Å². The Morgan fingerprint density at radius 2 is 1.96 bits per heavy atom. The van der Waals surface area contributed by atoms with E-state index < -0.39 is 0 Å². The van der Waals surface area contributed by atoms with Crippen LogP contribution in [-0.4, -0.2) is 67.0 Å². The predicted octanol–water partition coefficient (Wildman–Crippen LogP) is 1.13. The highest BCUT2D eigenvalue weighted by Crippen LogP contribution is 2.13. The number of likely N-dealkylation sites (N-methyl/N-ethyl adjacent to an activating group) is 1. The maximum Gasteiger partial charge on any atom is 0.251 e. The smallest absolute Gasteiger partial charge is 0.251 e. The maximum atomic E-state index is 12.2. The molecule has 6 heteroatoms. The van der Waals surface area contributed by atoms with E-state index in [9.17, 15) is 9.59 Å². The number of hydrogen-bond donors (Lipinski definition) is 2. The first kappa shape index (κ1) is 18.6. The summed E-state index contributed by atoms with van der Waals surface area (Å²) in [6.45, 7) is 7.82. The number of rotatable bonds is 6. The van der Waals surface area contributed by atoms with Gasteiger partial charge in [0.25, 0.3) is 5.56 Å². The molecule has 1 aliphatic rings. The third-order valence-electron chi connectivity index (χ3n) is 5.05. The minimum Gasteiger partial charge on any atom is -0.355 e. The van der Waals surface area contributed by atoms with E-state index in [0.29, 0.717) is 24.9 Å². The first-order chi connectivity index (χ1) is 12.5. The second kappa shape index (κ2) is 8.47. The van der Waals surface area contributed by atoms with Crippen molar-refractivity contribution in [2.75, 3.05) is 46.3 Å². The molecule has 26 heavy (non-hydrogen) atoms. The number of nitrogens with one attached hydrogen (secondary N) is 2. The first-order valence-electron chi connectivity index (χ1n) is 9.31. The Labute approximate surface area is 154 Å². The topological polar surface area (TPSA) is 68.4 Å². The van der Waals surface area contributed by atoms with E-state index in [0.717, 1.165) is 49.2 Å². The van der Waals surface area contributed by atoms with Gasteiger partial charge in [0.15, 0.2) is 0 Å². The minimum atomic E-state index is -0.103. The van der Waals surface area contributed by atoms with Gasteiger partial charge in [-0.25, -0.2) is 0 Å². The molecule has 0 unspecified atom stereocenters. The van der Waals surface area contributed by atoms with Crippen molar-refractivity contribution < 1.29 is 4.79 Å². The van der Waals surface area contributed by atoms with Gasteiger partial charge in [-0.15, -0.1) is 0 Å². The summed E-state index contributed by atoms with van der Waals surface area (Å²) in [6, 6.07) is 7.88. The first-order valence-corrected chi connectivity index (χ1v) is 9.31. The van der Waals surface area contributed by atoms with E-state index >= 15 is 0 Å². The van der Waals surface area contributed by atoms with Crippen LogP contribution in [0.4, 0.5) is 0 Å². The fraction of sp³-hybridized carbons (Fsp3) is 0.500. The SMILES string of the molecule is Cc1ccc2cc(CCC(=O)NCCN3CCN(C)CC3)c(=O)[nH]c2c1. The Bertz CT molecular complexity index is 822. The molecule has 1 saturated heterocycles. The molecule has 140 valence electrons. The molecular formula is C20H28N4O2. The van der Waals surface area contributed by atoms with Crippen molar-refractivity contribution in [3.05, 3.63) is 45.7 Å². The van der Waals surface area contributed by atoms with Crippen LogP contribution in [0.2, 0.25) is 0 Å². The van der Waals surface area contributed by atoms with Gasteiger partial charge in [-0.1, -0.05) is 12.1 Å². The molecule has 2 N–H and O–H groups in total. The molecule has 0 aliphatic carbocycles. The summed E-state index contributed by atoms with van der Waals surface area (Å²) < 4.78 is 0. The number of H-pyrrole nitrogens is 1. The van der Waals surface area contributed by atoms with Gasteiger partial charge in [-0.2, -0.15) is 0 Å². The highest BCUT2D eigenvalue weighted by atomic mass is 16.1. The quantitative estimate of drug-likeness (QED) is 0.814. The summed E-state index contributed by atoms with van der Waals surface area (Å²) in [5, 5.41) is 3.97. The molecule has 0 saturated carbocycles. The van der Waals surface area contributed by atoms with E-state index in [1.807, 2.05) is 31.2 Å². The van der Waals surface area contributed by atoms with Crippen molar-refractivity contribution in [1.29, 1.82) is 0 Å². The minimum absolute atomic E-state index is 0.00234. The molecule has 0 spiro atoms. The van der Waals surface area contributed by atoms with Crippen molar-refractivity contribution in [1.82, 2.24) is 20.1 Å². The molecule has 1 fully saturated rings. The molecule has 2 aromatic rings. The number of carbonyl (C=O) groups is 1. The van der Waals surface area contributed by atoms with Gasteiger partial charge in [0.2, 0.25) is 5.91 Å². The van der Waals surface area contributed by atoms with Gasteiger partial charge in [0.1, 0.15) is 0 Å². The van der Waals surface area contributed by atoms with Crippen LogP contribution in [0, 0.1) is 6.92 Å². The fourth-order valence-electron chi connectivity index (χ4n) is 3.31. The zero-order valence-electron chi connectivity index (χ0n) is 15.7. The fourth-order valence-corrected chi connectivity index (χ4v) is 3.31. The molecule has 1 amide bonds. The standard InChI is InChI=1S/C20H28N4O2/c1-15-3-4-16-14-17(20(26)22-18(16)13-15)5-6-19(25)21-7-8-24-11-9-23(2)10-12-24/h3-4,13-14H,5-12H2,1-2H3,(H,21,25)(H,22,26). The van der Waals surface area contributed by atoms with Crippen LogP contribution < -0.4 is 10.9 Å². The van der Waals surface area contributed by atoms with Crippen molar-refractivity contribution in [3.63, 3.8) is 0 Å². The summed E-state index contributed by atoms with van der Waals surface area (Å²) in [5.41, 5.74) is 2.51. The lowest BCUT2D eigenvalue weighted by atomic mass is 10.1. The van der Waals surface area contributed by atoms with Gasteiger partial charge >= 0.3 is 0 Å². The number of aryl methyl sites for hydroxylation is 2. The van der Waals surface area contributed by atoms with Crippen LogP contribution in [0.3, 0.4) is 0 Å². The van der Waals surface area contributed by atoms with Crippen LogP contribution in [0.5, 0.6) is 0 Å². The lowest BCUT2D eigenvalue weighted by Gasteiger charge is -2.32. The lowest BCUT2D eigenvalue weighted by Crippen LogP contribution is -2.46. The van der Waals surface area contributed by atoms with Crippen molar-refractivity contribution in [3.8, 4) is 0 Å². The second-order valence-electron chi connectivity index (χ2n) is 7.21. The molecule has 2 heterocycles. The van der Waals surface area contributed by atoms with E-state index in [1.54, 1.807) is 0 Å². The molecule has 0 atom stereocenters. The molecule has 6 nitrogen and oxygen atoms in total. The number of aromatic amines is 1.